The molecule has 0 radical (unpaired) electrons. The van der Waals surface area contributed by atoms with Crippen molar-refractivity contribution in [3.05, 3.63) is 17.5 Å². The van der Waals surface area contributed by atoms with Crippen LogP contribution in [-0.4, -0.2) is 70.8 Å². The van der Waals surface area contributed by atoms with Crippen LogP contribution in [0.1, 0.15) is 30.8 Å². The second-order valence-corrected chi connectivity index (χ2v) is 6.56. The molecule has 6 nitrogen and oxygen atoms in total. The molecule has 3 heterocycles. The van der Waals surface area contributed by atoms with Crippen molar-refractivity contribution in [1.82, 2.24) is 24.9 Å². The Hall–Kier alpha value is -0.820. The number of carbonyl (C=O) groups is 1. The van der Waals surface area contributed by atoms with E-state index in [1.165, 1.54) is 0 Å². The Morgan fingerprint density at radius 2 is 1.92 bits per heavy atom. The molecule has 138 valence electrons. The maximum Gasteiger partial charge on any atom is 0.247 e. The van der Waals surface area contributed by atoms with Crippen molar-refractivity contribution in [2.45, 2.75) is 39.3 Å². The van der Waals surface area contributed by atoms with Crippen LogP contribution < -0.4 is 5.32 Å². The van der Waals surface area contributed by atoms with Gasteiger partial charge >= 0.3 is 0 Å². The van der Waals surface area contributed by atoms with E-state index in [-0.39, 0.29) is 36.8 Å². The molecule has 2 aliphatic rings. The fraction of sp³-hybridized carbons (Fsp3) is 0.750. The van der Waals surface area contributed by atoms with E-state index in [1.54, 1.807) is 0 Å². The molecule has 0 bridgehead atoms. The zero-order valence-electron chi connectivity index (χ0n) is 14.7. The standard InChI is InChI=1S/C16H27N5O.2ClH/c1-12-10-13(2)21(18-12)14(3)16(22)20-7-4-15(11-20)19-8-5-17-6-9-19;;/h10,14-15,17H,4-9,11H2,1-3H3;2*1H. The van der Waals surface area contributed by atoms with Crippen molar-refractivity contribution in [3.63, 3.8) is 0 Å². The molecule has 1 amide bonds. The molecule has 0 spiro atoms. The third-order valence-electron chi connectivity index (χ3n) is 4.91. The van der Waals surface area contributed by atoms with Gasteiger partial charge in [0.05, 0.1) is 5.69 Å². The molecule has 0 saturated carbocycles. The summed E-state index contributed by atoms with van der Waals surface area (Å²) >= 11 is 0. The van der Waals surface area contributed by atoms with Gasteiger partial charge in [0.1, 0.15) is 6.04 Å². The Morgan fingerprint density at radius 1 is 1.25 bits per heavy atom. The van der Waals surface area contributed by atoms with Gasteiger partial charge in [-0.25, -0.2) is 0 Å². The molecular weight excluding hydrogens is 349 g/mol. The van der Waals surface area contributed by atoms with Gasteiger partial charge in [0.25, 0.3) is 0 Å². The highest BCUT2D eigenvalue weighted by molar-refractivity contribution is 5.85. The minimum atomic E-state index is -0.213. The van der Waals surface area contributed by atoms with E-state index in [4.69, 9.17) is 0 Å². The number of aromatic nitrogens is 2. The van der Waals surface area contributed by atoms with E-state index >= 15 is 0 Å². The van der Waals surface area contributed by atoms with Gasteiger partial charge in [0.2, 0.25) is 5.91 Å². The van der Waals surface area contributed by atoms with Gasteiger partial charge in [-0.15, -0.1) is 24.8 Å². The number of piperazine rings is 1. The van der Waals surface area contributed by atoms with Crippen molar-refractivity contribution >= 4 is 30.7 Å². The highest BCUT2D eigenvalue weighted by Gasteiger charge is 2.33. The van der Waals surface area contributed by atoms with Crippen molar-refractivity contribution < 1.29 is 4.79 Å². The first-order valence-electron chi connectivity index (χ1n) is 8.32. The SMILES string of the molecule is Cc1cc(C)n(C(C)C(=O)N2CCC(N3CCNCC3)C2)n1.Cl.Cl. The predicted molar refractivity (Wildman–Crippen MR) is 100 cm³/mol. The first-order valence-corrected chi connectivity index (χ1v) is 8.32. The number of rotatable bonds is 3. The first-order chi connectivity index (χ1) is 10.6. The molecule has 2 aliphatic heterocycles. The second kappa shape index (κ2) is 9.04. The van der Waals surface area contributed by atoms with Crippen molar-refractivity contribution in [2.24, 2.45) is 0 Å². The zero-order valence-corrected chi connectivity index (χ0v) is 16.3. The Kier molecular flexibility index (Phi) is 7.99. The van der Waals surface area contributed by atoms with Gasteiger partial charge in [-0.2, -0.15) is 5.10 Å². The second-order valence-electron chi connectivity index (χ2n) is 6.56. The smallest absolute Gasteiger partial charge is 0.247 e. The summed E-state index contributed by atoms with van der Waals surface area (Å²) in [7, 11) is 0. The summed E-state index contributed by atoms with van der Waals surface area (Å²) < 4.78 is 1.86. The summed E-state index contributed by atoms with van der Waals surface area (Å²) in [6, 6.07) is 2.34. The molecule has 24 heavy (non-hydrogen) atoms. The molecule has 0 aromatic carbocycles. The number of amides is 1. The predicted octanol–water partition coefficient (Wildman–Crippen LogP) is 1.41. The molecule has 1 aromatic rings. The number of hydrogen-bond donors (Lipinski definition) is 1. The van der Waals surface area contributed by atoms with E-state index < -0.39 is 0 Å². The van der Waals surface area contributed by atoms with Crippen LogP contribution in [0.2, 0.25) is 0 Å². The number of likely N-dealkylation sites (tertiary alicyclic amines) is 1. The Bertz CT molecular complexity index is 545. The van der Waals surface area contributed by atoms with Gasteiger partial charge < -0.3 is 10.2 Å². The van der Waals surface area contributed by atoms with Gasteiger partial charge in [0.15, 0.2) is 0 Å². The summed E-state index contributed by atoms with van der Waals surface area (Å²) in [5.74, 6) is 0.198. The highest BCUT2D eigenvalue weighted by Crippen LogP contribution is 2.21. The van der Waals surface area contributed by atoms with Crippen LogP contribution in [0.5, 0.6) is 0 Å². The van der Waals surface area contributed by atoms with Crippen LogP contribution >= 0.6 is 24.8 Å². The lowest BCUT2D eigenvalue weighted by molar-refractivity contribution is -0.133. The van der Waals surface area contributed by atoms with Crippen LogP contribution in [0.3, 0.4) is 0 Å². The third kappa shape index (κ3) is 4.42. The van der Waals surface area contributed by atoms with Crippen molar-refractivity contribution in [1.29, 1.82) is 0 Å². The first kappa shape index (κ1) is 21.2. The van der Waals surface area contributed by atoms with E-state index in [2.05, 4.69) is 15.3 Å². The van der Waals surface area contributed by atoms with Crippen LogP contribution in [0.4, 0.5) is 0 Å². The molecule has 1 N–H and O–H groups in total. The van der Waals surface area contributed by atoms with Crippen LogP contribution in [0.15, 0.2) is 6.07 Å². The maximum absolute atomic E-state index is 12.8. The van der Waals surface area contributed by atoms with Gasteiger partial charge in [-0.05, 0) is 33.3 Å². The minimum absolute atomic E-state index is 0. The average Bonchev–Trinajstić information content (AvgIpc) is 3.13. The number of aryl methyl sites for hydroxylation is 2. The van der Waals surface area contributed by atoms with Gasteiger partial charge in [-0.3, -0.25) is 14.4 Å². The van der Waals surface area contributed by atoms with Gasteiger partial charge in [-0.1, -0.05) is 0 Å². The lowest BCUT2D eigenvalue weighted by Gasteiger charge is -2.32. The van der Waals surface area contributed by atoms with E-state index in [9.17, 15) is 4.79 Å². The Balaban J connectivity index is 0.00000144. The summed E-state index contributed by atoms with van der Waals surface area (Å²) in [4.78, 5) is 17.3. The summed E-state index contributed by atoms with van der Waals surface area (Å²) in [5, 5.41) is 7.85. The number of hydrogen-bond acceptors (Lipinski definition) is 4. The monoisotopic (exact) mass is 377 g/mol. The van der Waals surface area contributed by atoms with Crippen molar-refractivity contribution in [3.8, 4) is 0 Å². The molecular formula is C16H29Cl2N5O. The number of carbonyl (C=O) groups excluding carboxylic acids is 1. The van der Waals surface area contributed by atoms with E-state index in [1.807, 2.05) is 36.4 Å². The molecule has 2 fully saturated rings. The number of nitrogens with zero attached hydrogens (tertiary/aromatic N) is 4. The quantitative estimate of drug-likeness (QED) is 0.864. The summed E-state index contributed by atoms with van der Waals surface area (Å²) in [6.45, 7) is 12.0. The third-order valence-corrected chi connectivity index (χ3v) is 4.91. The highest BCUT2D eigenvalue weighted by atomic mass is 35.5. The zero-order chi connectivity index (χ0) is 15.7. The minimum Gasteiger partial charge on any atom is -0.339 e. The van der Waals surface area contributed by atoms with Gasteiger partial charge in [0, 0.05) is 51.0 Å². The van der Waals surface area contributed by atoms with Crippen molar-refractivity contribution in [2.75, 3.05) is 39.3 Å². The fourth-order valence-electron chi connectivity index (χ4n) is 3.69. The maximum atomic E-state index is 12.8. The lowest BCUT2D eigenvalue weighted by Crippen LogP contribution is -2.49. The number of halogens is 2. The van der Waals surface area contributed by atoms with E-state index in [0.29, 0.717) is 6.04 Å². The lowest BCUT2D eigenvalue weighted by atomic mass is 10.2. The number of nitrogens with one attached hydrogen (secondary N) is 1. The van der Waals surface area contributed by atoms with Crippen LogP contribution in [-0.2, 0) is 4.79 Å². The Labute approximate surface area is 156 Å². The average molecular weight is 378 g/mol. The fourth-order valence-corrected chi connectivity index (χ4v) is 3.69. The molecule has 3 rings (SSSR count). The van der Waals surface area contributed by atoms with Crippen LogP contribution in [0, 0.1) is 13.8 Å². The molecule has 1 aromatic heterocycles. The summed E-state index contributed by atoms with van der Waals surface area (Å²) in [5.41, 5.74) is 2.02. The molecule has 2 unspecified atom stereocenters. The molecule has 2 saturated heterocycles. The van der Waals surface area contributed by atoms with Crippen LogP contribution in [0.25, 0.3) is 0 Å². The normalized spacial score (nSPS) is 22.6. The molecule has 8 heteroatoms. The largest absolute Gasteiger partial charge is 0.339 e. The molecule has 0 aliphatic carbocycles. The Morgan fingerprint density at radius 3 is 2.50 bits per heavy atom. The topological polar surface area (TPSA) is 53.4 Å². The molecule has 2 atom stereocenters. The summed E-state index contributed by atoms with van der Waals surface area (Å²) in [6.07, 6.45) is 1.09. The van der Waals surface area contributed by atoms with E-state index in [0.717, 1.165) is 57.1 Å².